The van der Waals surface area contributed by atoms with Crippen LogP contribution in [0, 0.1) is 16.7 Å². The van der Waals surface area contributed by atoms with Crippen molar-refractivity contribution in [2.45, 2.75) is 40.5 Å². The first-order valence-corrected chi connectivity index (χ1v) is 5.19. The minimum Gasteiger partial charge on any atom is -0.277 e. The van der Waals surface area contributed by atoms with E-state index in [-0.39, 0.29) is 16.7 Å². The van der Waals surface area contributed by atoms with Gasteiger partial charge in [-0.25, -0.2) is 5.48 Å². The molecule has 1 aliphatic carbocycles. The quantitative estimate of drug-likeness (QED) is 0.692. The molecule has 1 aliphatic rings. The summed E-state index contributed by atoms with van der Waals surface area (Å²) in [5.74, 6) is 0.587. The molecule has 1 amide bonds. The van der Waals surface area contributed by atoms with Gasteiger partial charge in [0.1, 0.15) is 0 Å². The monoisotopic (exact) mass is 199 g/mol. The molecular weight excluding hydrogens is 178 g/mol. The Bertz CT molecular complexity index is 237. The topological polar surface area (TPSA) is 38.3 Å². The van der Waals surface area contributed by atoms with Crippen molar-refractivity contribution in [3.05, 3.63) is 0 Å². The molecule has 0 aromatic carbocycles. The van der Waals surface area contributed by atoms with Gasteiger partial charge >= 0.3 is 0 Å². The minimum atomic E-state index is -0.303. The van der Waals surface area contributed by atoms with Crippen LogP contribution in [-0.4, -0.2) is 13.0 Å². The third kappa shape index (κ3) is 1.44. The van der Waals surface area contributed by atoms with Crippen LogP contribution in [-0.2, 0) is 9.63 Å². The number of hydroxylamine groups is 1. The summed E-state index contributed by atoms with van der Waals surface area (Å²) in [5.41, 5.74) is 2.20. The van der Waals surface area contributed by atoms with E-state index in [1.54, 1.807) is 0 Å². The molecule has 1 saturated carbocycles. The third-order valence-electron chi connectivity index (χ3n) is 4.43. The molecule has 2 unspecified atom stereocenters. The third-order valence-corrected chi connectivity index (χ3v) is 4.43. The predicted molar refractivity (Wildman–Crippen MR) is 55.4 cm³/mol. The smallest absolute Gasteiger partial charge is 0.250 e. The standard InChI is InChI=1S/C11H21NO2/c1-8-6-7-11(4,10(8,2)3)9(13)12-14-5/h8H,6-7H2,1-5H3,(H,12,13). The highest BCUT2D eigenvalue weighted by molar-refractivity contribution is 5.82. The maximum atomic E-state index is 11.9. The molecule has 0 bridgehead atoms. The first-order chi connectivity index (χ1) is 6.36. The van der Waals surface area contributed by atoms with Crippen LogP contribution in [0.3, 0.4) is 0 Å². The molecule has 0 aromatic heterocycles. The number of carbonyl (C=O) groups is 1. The Hall–Kier alpha value is -0.570. The molecule has 0 spiro atoms. The summed E-state index contributed by atoms with van der Waals surface area (Å²) in [6, 6.07) is 0. The van der Waals surface area contributed by atoms with E-state index < -0.39 is 0 Å². The second-order valence-electron chi connectivity index (χ2n) is 5.13. The number of rotatable bonds is 2. The zero-order valence-electron chi connectivity index (χ0n) is 9.81. The van der Waals surface area contributed by atoms with Gasteiger partial charge in [-0.05, 0) is 24.2 Å². The van der Waals surface area contributed by atoms with Crippen LogP contribution in [0.15, 0.2) is 0 Å². The largest absolute Gasteiger partial charge is 0.277 e. The highest BCUT2D eigenvalue weighted by Gasteiger charge is 2.54. The van der Waals surface area contributed by atoms with Gasteiger partial charge in [0.15, 0.2) is 0 Å². The molecule has 0 radical (unpaired) electrons. The molecule has 1 fully saturated rings. The summed E-state index contributed by atoms with van der Waals surface area (Å²) in [5, 5.41) is 0. The zero-order chi connectivity index (χ0) is 11.0. The summed E-state index contributed by atoms with van der Waals surface area (Å²) < 4.78 is 0. The lowest BCUT2D eigenvalue weighted by atomic mass is 9.66. The van der Waals surface area contributed by atoms with Crippen LogP contribution in [0.25, 0.3) is 0 Å². The van der Waals surface area contributed by atoms with Gasteiger partial charge in [0.05, 0.1) is 12.5 Å². The lowest BCUT2D eigenvalue weighted by Gasteiger charge is -2.39. The molecule has 14 heavy (non-hydrogen) atoms. The van der Waals surface area contributed by atoms with E-state index in [1.807, 2.05) is 6.92 Å². The maximum Gasteiger partial charge on any atom is 0.250 e. The number of amides is 1. The first kappa shape index (κ1) is 11.5. The summed E-state index contributed by atoms with van der Waals surface area (Å²) in [4.78, 5) is 16.6. The van der Waals surface area contributed by atoms with Crippen molar-refractivity contribution in [3.8, 4) is 0 Å². The molecule has 82 valence electrons. The molecule has 0 saturated heterocycles. The van der Waals surface area contributed by atoms with Crippen LogP contribution in [0.1, 0.15) is 40.5 Å². The second-order valence-corrected chi connectivity index (χ2v) is 5.13. The molecule has 3 nitrogen and oxygen atoms in total. The van der Waals surface area contributed by atoms with Crippen LogP contribution in [0.4, 0.5) is 0 Å². The molecule has 0 heterocycles. The Balaban J connectivity index is 2.89. The van der Waals surface area contributed by atoms with Crippen molar-refractivity contribution in [2.75, 3.05) is 7.11 Å². The average molecular weight is 199 g/mol. The molecule has 1 rings (SSSR count). The Morgan fingerprint density at radius 3 is 2.36 bits per heavy atom. The summed E-state index contributed by atoms with van der Waals surface area (Å²) in [6.45, 7) is 8.58. The Labute approximate surface area is 86.2 Å². The molecule has 2 atom stereocenters. The second kappa shape index (κ2) is 3.54. The van der Waals surface area contributed by atoms with E-state index in [0.29, 0.717) is 5.92 Å². The SMILES string of the molecule is CONC(=O)C1(C)CCC(C)C1(C)C. The van der Waals surface area contributed by atoms with Crippen molar-refractivity contribution in [2.24, 2.45) is 16.7 Å². The van der Waals surface area contributed by atoms with Crippen molar-refractivity contribution < 1.29 is 9.63 Å². The van der Waals surface area contributed by atoms with Crippen LogP contribution in [0.2, 0.25) is 0 Å². The van der Waals surface area contributed by atoms with E-state index in [9.17, 15) is 4.79 Å². The van der Waals surface area contributed by atoms with E-state index >= 15 is 0 Å². The fraction of sp³-hybridized carbons (Fsp3) is 0.909. The van der Waals surface area contributed by atoms with Gasteiger partial charge in [0.25, 0.3) is 0 Å². The normalized spacial score (nSPS) is 35.6. The predicted octanol–water partition coefficient (Wildman–Crippen LogP) is 2.13. The average Bonchev–Trinajstić information content (AvgIpc) is 2.31. The molecule has 0 aromatic rings. The molecule has 3 heteroatoms. The fourth-order valence-electron chi connectivity index (χ4n) is 2.34. The Kier molecular flexibility index (Phi) is 2.91. The zero-order valence-corrected chi connectivity index (χ0v) is 9.81. The highest BCUT2D eigenvalue weighted by Crippen LogP contribution is 2.55. The fourth-order valence-corrected chi connectivity index (χ4v) is 2.34. The van der Waals surface area contributed by atoms with E-state index in [1.165, 1.54) is 7.11 Å². The summed E-state index contributed by atoms with van der Waals surface area (Å²) >= 11 is 0. The van der Waals surface area contributed by atoms with Gasteiger partial charge in [-0.1, -0.05) is 27.7 Å². The van der Waals surface area contributed by atoms with Crippen LogP contribution >= 0.6 is 0 Å². The number of hydrogen-bond donors (Lipinski definition) is 1. The molecule has 1 N–H and O–H groups in total. The Morgan fingerprint density at radius 1 is 1.43 bits per heavy atom. The van der Waals surface area contributed by atoms with Gasteiger partial charge < -0.3 is 0 Å². The molecular formula is C11H21NO2. The van der Waals surface area contributed by atoms with Gasteiger partial charge in [-0.3, -0.25) is 9.63 Å². The van der Waals surface area contributed by atoms with Gasteiger partial charge in [-0.15, -0.1) is 0 Å². The summed E-state index contributed by atoms with van der Waals surface area (Å²) in [7, 11) is 1.48. The maximum absolute atomic E-state index is 11.9. The van der Waals surface area contributed by atoms with Crippen LogP contribution in [0.5, 0.6) is 0 Å². The lowest BCUT2D eigenvalue weighted by Crippen LogP contribution is -2.46. The van der Waals surface area contributed by atoms with Crippen molar-refractivity contribution in [1.29, 1.82) is 0 Å². The van der Waals surface area contributed by atoms with Gasteiger partial charge in [-0.2, -0.15) is 0 Å². The van der Waals surface area contributed by atoms with E-state index in [2.05, 4.69) is 26.3 Å². The van der Waals surface area contributed by atoms with Crippen LogP contribution < -0.4 is 5.48 Å². The van der Waals surface area contributed by atoms with Gasteiger partial charge in [0.2, 0.25) is 5.91 Å². The molecule has 0 aliphatic heterocycles. The Morgan fingerprint density at radius 2 is 2.00 bits per heavy atom. The van der Waals surface area contributed by atoms with E-state index in [4.69, 9.17) is 4.84 Å². The first-order valence-electron chi connectivity index (χ1n) is 5.19. The highest BCUT2D eigenvalue weighted by atomic mass is 16.6. The lowest BCUT2D eigenvalue weighted by molar-refractivity contribution is -0.147. The number of carbonyl (C=O) groups excluding carboxylic acids is 1. The van der Waals surface area contributed by atoms with Crippen molar-refractivity contribution >= 4 is 5.91 Å². The minimum absolute atomic E-state index is 0.00866. The van der Waals surface area contributed by atoms with E-state index in [0.717, 1.165) is 12.8 Å². The number of nitrogens with one attached hydrogen (secondary N) is 1. The van der Waals surface area contributed by atoms with Crippen molar-refractivity contribution in [3.63, 3.8) is 0 Å². The van der Waals surface area contributed by atoms with Crippen molar-refractivity contribution in [1.82, 2.24) is 5.48 Å². The summed E-state index contributed by atoms with van der Waals surface area (Å²) in [6.07, 6.45) is 2.05. The van der Waals surface area contributed by atoms with Gasteiger partial charge in [0, 0.05) is 0 Å². The number of hydrogen-bond acceptors (Lipinski definition) is 2.